The van der Waals surface area contributed by atoms with Gasteiger partial charge in [-0.25, -0.2) is 13.1 Å². The van der Waals surface area contributed by atoms with E-state index in [1.807, 2.05) is 0 Å². The molecule has 0 bridgehead atoms. The molecular formula is C10H10BrN3O3S. The van der Waals surface area contributed by atoms with E-state index in [1.54, 1.807) is 18.2 Å². The first kappa shape index (κ1) is 13.1. The quantitative estimate of drug-likeness (QED) is 0.827. The molecule has 0 spiro atoms. The summed E-state index contributed by atoms with van der Waals surface area (Å²) in [5.41, 5.74) is 6.45. The predicted molar refractivity (Wildman–Crippen MR) is 69.1 cm³/mol. The number of hydrogen-bond donors (Lipinski definition) is 2. The average Bonchev–Trinajstić information content (AvgIpc) is 2.83. The highest BCUT2D eigenvalue weighted by molar-refractivity contribution is 9.10. The number of hydrogen-bond acceptors (Lipinski definition) is 5. The molecule has 0 saturated heterocycles. The fourth-order valence-corrected chi connectivity index (χ4v) is 3.30. The highest BCUT2D eigenvalue weighted by Gasteiger charge is 2.18. The SMILES string of the molecule is Nc1ccc(Br)c(S(=O)(=O)NCc2ccon2)c1. The largest absolute Gasteiger partial charge is 0.399 e. The number of benzene rings is 1. The molecule has 1 heterocycles. The minimum absolute atomic E-state index is 0.0556. The van der Waals surface area contributed by atoms with Gasteiger partial charge in [-0.2, -0.15) is 0 Å². The summed E-state index contributed by atoms with van der Waals surface area (Å²) >= 11 is 3.18. The van der Waals surface area contributed by atoms with Crippen LogP contribution in [0.25, 0.3) is 0 Å². The molecular weight excluding hydrogens is 322 g/mol. The maximum Gasteiger partial charge on any atom is 0.242 e. The van der Waals surface area contributed by atoms with Gasteiger partial charge in [0.05, 0.1) is 17.1 Å². The first-order valence-electron chi connectivity index (χ1n) is 4.93. The lowest BCUT2D eigenvalue weighted by molar-refractivity contribution is 0.411. The Balaban J connectivity index is 2.22. The number of nitrogens with two attached hydrogens (primary N) is 1. The van der Waals surface area contributed by atoms with E-state index in [0.29, 0.717) is 15.9 Å². The molecule has 2 rings (SSSR count). The van der Waals surface area contributed by atoms with Crippen LogP contribution in [-0.2, 0) is 16.6 Å². The monoisotopic (exact) mass is 331 g/mol. The van der Waals surface area contributed by atoms with Crippen LogP contribution in [0, 0.1) is 0 Å². The van der Waals surface area contributed by atoms with Crippen molar-refractivity contribution in [2.45, 2.75) is 11.4 Å². The Morgan fingerprint density at radius 1 is 1.39 bits per heavy atom. The second kappa shape index (κ2) is 5.09. The maximum atomic E-state index is 12.0. The number of rotatable bonds is 4. The molecule has 0 radical (unpaired) electrons. The molecule has 0 saturated carbocycles. The van der Waals surface area contributed by atoms with E-state index in [4.69, 9.17) is 5.73 Å². The van der Waals surface area contributed by atoms with Gasteiger partial charge in [-0.1, -0.05) is 5.16 Å². The minimum atomic E-state index is -3.65. The van der Waals surface area contributed by atoms with Gasteiger partial charge in [0.1, 0.15) is 6.26 Å². The standard InChI is InChI=1S/C10H10BrN3O3S/c11-9-2-1-7(12)5-10(9)18(15,16)13-6-8-3-4-17-14-8/h1-5,13H,6,12H2. The van der Waals surface area contributed by atoms with Gasteiger partial charge in [-0.05, 0) is 34.1 Å². The van der Waals surface area contributed by atoms with E-state index in [0.717, 1.165) is 0 Å². The zero-order chi connectivity index (χ0) is 13.2. The van der Waals surface area contributed by atoms with Gasteiger partial charge in [-0.3, -0.25) is 0 Å². The molecule has 0 unspecified atom stereocenters. The van der Waals surface area contributed by atoms with Gasteiger partial charge in [0.2, 0.25) is 10.0 Å². The number of aromatic nitrogens is 1. The number of sulfonamides is 1. The molecule has 18 heavy (non-hydrogen) atoms. The molecule has 1 aromatic carbocycles. The van der Waals surface area contributed by atoms with Gasteiger partial charge in [0.15, 0.2) is 0 Å². The number of halogens is 1. The fourth-order valence-electron chi connectivity index (χ4n) is 1.30. The Labute approximate surface area is 112 Å². The van der Waals surface area contributed by atoms with Crippen molar-refractivity contribution in [3.63, 3.8) is 0 Å². The summed E-state index contributed by atoms with van der Waals surface area (Å²) in [4.78, 5) is 0.0889. The van der Waals surface area contributed by atoms with Crippen LogP contribution in [-0.4, -0.2) is 13.6 Å². The maximum absolute atomic E-state index is 12.0. The number of nitrogens with zero attached hydrogens (tertiary/aromatic N) is 1. The van der Waals surface area contributed by atoms with Crippen LogP contribution < -0.4 is 10.5 Å². The van der Waals surface area contributed by atoms with Gasteiger partial charge in [0.25, 0.3) is 0 Å². The van der Waals surface area contributed by atoms with Crippen molar-refractivity contribution in [1.29, 1.82) is 0 Å². The molecule has 0 amide bonds. The second-order valence-electron chi connectivity index (χ2n) is 3.51. The van der Waals surface area contributed by atoms with Crippen LogP contribution >= 0.6 is 15.9 Å². The second-order valence-corrected chi connectivity index (χ2v) is 6.09. The molecule has 0 atom stereocenters. The summed E-state index contributed by atoms with van der Waals surface area (Å²) in [7, 11) is -3.65. The predicted octanol–water partition coefficient (Wildman–Crippen LogP) is 1.50. The van der Waals surface area contributed by atoms with Crippen molar-refractivity contribution in [2.24, 2.45) is 0 Å². The third kappa shape index (κ3) is 2.89. The molecule has 1 aromatic heterocycles. The Morgan fingerprint density at radius 2 is 2.17 bits per heavy atom. The highest BCUT2D eigenvalue weighted by Crippen LogP contribution is 2.24. The van der Waals surface area contributed by atoms with Crippen molar-refractivity contribution >= 4 is 31.6 Å². The zero-order valence-electron chi connectivity index (χ0n) is 9.13. The fraction of sp³-hybridized carbons (Fsp3) is 0.100. The van der Waals surface area contributed by atoms with Gasteiger partial charge >= 0.3 is 0 Å². The van der Waals surface area contributed by atoms with E-state index in [-0.39, 0.29) is 11.4 Å². The Kier molecular flexibility index (Phi) is 3.69. The lowest BCUT2D eigenvalue weighted by atomic mass is 10.3. The Hall–Kier alpha value is -1.38. The molecule has 0 aliphatic heterocycles. The lowest BCUT2D eigenvalue weighted by Crippen LogP contribution is -2.23. The summed E-state index contributed by atoms with van der Waals surface area (Å²) < 4.78 is 31.6. The highest BCUT2D eigenvalue weighted by atomic mass is 79.9. The van der Waals surface area contributed by atoms with Crippen molar-refractivity contribution in [2.75, 3.05) is 5.73 Å². The van der Waals surface area contributed by atoms with Gasteiger partial charge < -0.3 is 10.3 Å². The molecule has 8 heteroatoms. The molecule has 3 N–H and O–H groups in total. The van der Waals surface area contributed by atoms with Crippen molar-refractivity contribution in [3.05, 3.63) is 40.7 Å². The smallest absolute Gasteiger partial charge is 0.242 e. The van der Waals surface area contributed by atoms with Crippen LogP contribution in [0.15, 0.2) is 44.4 Å². The summed E-state index contributed by atoms with van der Waals surface area (Å²) in [5.74, 6) is 0. The van der Waals surface area contributed by atoms with Crippen LogP contribution in [0.1, 0.15) is 5.69 Å². The first-order valence-corrected chi connectivity index (χ1v) is 7.20. The third-order valence-corrected chi connectivity index (χ3v) is 4.57. The number of nitrogen functional groups attached to an aromatic ring is 1. The normalized spacial score (nSPS) is 11.6. The molecule has 0 aliphatic rings. The zero-order valence-corrected chi connectivity index (χ0v) is 11.5. The van der Waals surface area contributed by atoms with Gasteiger partial charge in [0, 0.05) is 16.2 Å². The van der Waals surface area contributed by atoms with Crippen LogP contribution in [0.4, 0.5) is 5.69 Å². The first-order chi connectivity index (χ1) is 8.49. The number of nitrogens with one attached hydrogen (secondary N) is 1. The van der Waals surface area contributed by atoms with Crippen LogP contribution in [0.2, 0.25) is 0 Å². The van der Waals surface area contributed by atoms with Crippen molar-refractivity contribution < 1.29 is 12.9 Å². The van der Waals surface area contributed by atoms with E-state index in [1.165, 1.54) is 12.3 Å². The van der Waals surface area contributed by atoms with Crippen LogP contribution in [0.3, 0.4) is 0 Å². The lowest BCUT2D eigenvalue weighted by Gasteiger charge is -2.08. The van der Waals surface area contributed by atoms with E-state index >= 15 is 0 Å². The molecule has 0 fully saturated rings. The third-order valence-electron chi connectivity index (χ3n) is 2.18. The van der Waals surface area contributed by atoms with Gasteiger partial charge in [-0.15, -0.1) is 0 Å². The van der Waals surface area contributed by atoms with E-state index in [9.17, 15) is 8.42 Å². The Bertz CT molecular complexity index is 640. The van der Waals surface area contributed by atoms with Crippen molar-refractivity contribution in [3.8, 4) is 0 Å². The number of anilines is 1. The molecule has 6 nitrogen and oxygen atoms in total. The summed E-state index contributed by atoms with van der Waals surface area (Å²) in [5, 5.41) is 3.61. The van der Waals surface area contributed by atoms with E-state index in [2.05, 4.69) is 30.3 Å². The van der Waals surface area contributed by atoms with Crippen molar-refractivity contribution in [1.82, 2.24) is 9.88 Å². The summed E-state index contributed by atoms with van der Waals surface area (Å²) in [6.45, 7) is 0.0556. The minimum Gasteiger partial charge on any atom is -0.399 e. The summed E-state index contributed by atoms with van der Waals surface area (Å²) in [6, 6.07) is 6.16. The molecule has 96 valence electrons. The van der Waals surface area contributed by atoms with Crippen LogP contribution in [0.5, 0.6) is 0 Å². The summed E-state index contributed by atoms with van der Waals surface area (Å²) in [6.07, 6.45) is 1.38. The topological polar surface area (TPSA) is 98.2 Å². The molecule has 2 aromatic rings. The Morgan fingerprint density at radius 3 is 2.83 bits per heavy atom. The molecule has 0 aliphatic carbocycles. The van der Waals surface area contributed by atoms with E-state index < -0.39 is 10.0 Å². The average molecular weight is 332 g/mol.